The lowest BCUT2D eigenvalue weighted by Crippen LogP contribution is -2.51. The molecule has 4 nitrogen and oxygen atoms in total. The van der Waals surface area contributed by atoms with E-state index >= 15 is 0 Å². The Labute approximate surface area is 110 Å². The first kappa shape index (κ1) is 12.7. The van der Waals surface area contributed by atoms with Gasteiger partial charge in [-0.25, -0.2) is 0 Å². The minimum Gasteiger partial charge on any atom is -0.344 e. The molecule has 1 aliphatic carbocycles. The van der Waals surface area contributed by atoms with Crippen LogP contribution in [0.25, 0.3) is 0 Å². The van der Waals surface area contributed by atoms with Crippen molar-refractivity contribution in [1.82, 2.24) is 10.3 Å². The third-order valence-electron chi connectivity index (χ3n) is 3.30. The molecule has 1 heterocycles. The Hall–Kier alpha value is -0.710. The number of carbonyl (C=O) groups excluding carboxylic acids is 1. The molecule has 6 heteroatoms. The van der Waals surface area contributed by atoms with Crippen LogP contribution in [-0.4, -0.2) is 23.0 Å². The summed E-state index contributed by atoms with van der Waals surface area (Å²) in [5.74, 6) is -0.203. The van der Waals surface area contributed by atoms with Gasteiger partial charge < -0.3 is 16.0 Å². The van der Waals surface area contributed by atoms with Crippen LogP contribution in [-0.2, 0) is 0 Å². The van der Waals surface area contributed by atoms with Crippen LogP contribution in [0.3, 0.4) is 0 Å². The number of carbonyl (C=O) groups is 1. The fourth-order valence-electron chi connectivity index (χ4n) is 2.27. The van der Waals surface area contributed by atoms with Crippen LogP contribution in [0.5, 0.6) is 0 Å². The van der Waals surface area contributed by atoms with Gasteiger partial charge in [-0.05, 0) is 18.9 Å². The lowest BCUT2D eigenvalue weighted by Gasteiger charge is -2.28. The van der Waals surface area contributed by atoms with Gasteiger partial charge in [0.25, 0.3) is 5.91 Å². The first-order valence-electron chi connectivity index (χ1n) is 5.63. The van der Waals surface area contributed by atoms with Gasteiger partial charge in [0.15, 0.2) is 0 Å². The van der Waals surface area contributed by atoms with Crippen LogP contribution in [0, 0.1) is 0 Å². The molecule has 0 saturated heterocycles. The summed E-state index contributed by atoms with van der Waals surface area (Å²) >= 11 is 11.6. The highest BCUT2D eigenvalue weighted by Crippen LogP contribution is 2.29. The molecule has 1 aromatic heterocycles. The maximum absolute atomic E-state index is 12.0. The van der Waals surface area contributed by atoms with Gasteiger partial charge in [0, 0.05) is 6.54 Å². The normalized spacial score (nSPS) is 18.3. The molecule has 0 radical (unpaired) electrons. The topological polar surface area (TPSA) is 70.9 Å². The number of nitrogens with one attached hydrogen (secondary N) is 2. The lowest BCUT2D eigenvalue weighted by atomic mass is 9.97. The van der Waals surface area contributed by atoms with Crippen LogP contribution in [0.2, 0.25) is 10.2 Å². The summed E-state index contributed by atoms with van der Waals surface area (Å²) in [5.41, 5.74) is 5.87. The van der Waals surface area contributed by atoms with Crippen molar-refractivity contribution >= 4 is 29.1 Å². The quantitative estimate of drug-likeness (QED) is 0.792. The molecule has 0 spiro atoms. The monoisotopic (exact) mass is 275 g/mol. The highest BCUT2D eigenvalue weighted by Gasteiger charge is 2.34. The van der Waals surface area contributed by atoms with Gasteiger partial charge in [0.2, 0.25) is 0 Å². The second-order valence-corrected chi connectivity index (χ2v) is 5.28. The van der Waals surface area contributed by atoms with E-state index in [-0.39, 0.29) is 16.6 Å². The zero-order valence-corrected chi connectivity index (χ0v) is 10.9. The van der Waals surface area contributed by atoms with E-state index in [4.69, 9.17) is 28.9 Å². The fourth-order valence-corrected chi connectivity index (χ4v) is 2.58. The van der Waals surface area contributed by atoms with E-state index in [1.165, 1.54) is 6.07 Å². The molecule has 0 aromatic carbocycles. The maximum atomic E-state index is 12.0. The van der Waals surface area contributed by atoms with Crippen molar-refractivity contribution < 1.29 is 4.79 Å². The van der Waals surface area contributed by atoms with E-state index in [9.17, 15) is 4.79 Å². The number of hydrogen-bond donors (Lipinski definition) is 3. The molecule has 1 aliphatic rings. The van der Waals surface area contributed by atoms with Gasteiger partial charge in [-0.2, -0.15) is 0 Å². The molecule has 4 N–H and O–H groups in total. The Bertz CT molecular complexity index is 405. The van der Waals surface area contributed by atoms with E-state index < -0.39 is 0 Å². The summed E-state index contributed by atoms with van der Waals surface area (Å²) in [6, 6.07) is 1.53. The summed E-state index contributed by atoms with van der Waals surface area (Å²) < 4.78 is 0. The third-order valence-corrected chi connectivity index (χ3v) is 3.99. The highest BCUT2D eigenvalue weighted by molar-refractivity contribution is 6.41. The van der Waals surface area contributed by atoms with Crippen molar-refractivity contribution in [2.24, 2.45) is 5.73 Å². The third kappa shape index (κ3) is 2.59. The number of halogens is 2. The number of nitrogens with two attached hydrogens (primary N) is 1. The van der Waals surface area contributed by atoms with Gasteiger partial charge >= 0.3 is 0 Å². The van der Waals surface area contributed by atoms with Crippen LogP contribution in [0.15, 0.2) is 6.07 Å². The van der Waals surface area contributed by atoms with E-state index in [1.54, 1.807) is 0 Å². The van der Waals surface area contributed by atoms with Crippen molar-refractivity contribution in [2.45, 2.75) is 31.2 Å². The predicted molar refractivity (Wildman–Crippen MR) is 68.5 cm³/mol. The van der Waals surface area contributed by atoms with Gasteiger partial charge in [0.1, 0.15) is 10.8 Å². The first-order valence-corrected chi connectivity index (χ1v) is 6.38. The van der Waals surface area contributed by atoms with Gasteiger partial charge in [-0.1, -0.05) is 36.0 Å². The maximum Gasteiger partial charge on any atom is 0.268 e. The summed E-state index contributed by atoms with van der Waals surface area (Å²) in [4.78, 5) is 14.8. The van der Waals surface area contributed by atoms with Crippen molar-refractivity contribution in [2.75, 3.05) is 6.54 Å². The summed E-state index contributed by atoms with van der Waals surface area (Å²) in [6.07, 6.45) is 4.06. The minimum atomic E-state index is -0.263. The van der Waals surface area contributed by atoms with Crippen LogP contribution >= 0.6 is 23.2 Å². The predicted octanol–water partition coefficient (Wildman–Crippen LogP) is 2.32. The molecule has 17 heavy (non-hydrogen) atoms. The van der Waals surface area contributed by atoms with E-state index in [2.05, 4.69) is 10.3 Å². The fraction of sp³-hybridized carbons (Fsp3) is 0.545. The Morgan fingerprint density at radius 3 is 2.59 bits per heavy atom. The van der Waals surface area contributed by atoms with E-state index in [0.29, 0.717) is 17.3 Å². The molecule has 0 bridgehead atoms. The Morgan fingerprint density at radius 2 is 2.12 bits per heavy atom. The average Bonchev–Trinajstić information content (AvgIpc) is 2.88. The van der Waals surface area contributed by atoms with Crippen molar-refractivity contribution in [3.63, 3.8) is 0 Å². The number of H-pyrrole nitrogens is 1. The van der Waals surface area contributed by atoms with Gasteiger partial charge in [0.05, 0.1) is 10.6 Å². The zero-order valence-electron chi connectivity index (χ0n) is 9.35. The molecule has 0 atom stereocenters. The number of rotatable bonds is 3. The molecule has 0 aliphatic heterocycles. The Kier molecular flexibility index (Phi) is 3.66. The molecular formula is C11H15Cl2N3O. The van der Waals surface area contributed by atoms with Crippen molar-refractivity contribution in [1.29, 1.82) is 0 Å². The Balaban J connectivity index is 2.10. The van der Waals surface area contributed by atoms with Crippen LogP contribution in [0.4, 0.5) is 0 Å². The summed E-state index contributed by atoms with van der Waals surface area (Å²) in [5, 5.41) is 3.62. The zero-order chi connectivity index (χ0) is 12.5. The van der Waals surface area contributed by atoms with Gasteiger partial charge in [-0.15, -0.1) is 0 Å². The van der Waals surface area contributed by atoms with Crippen molar-refractivity contribution in [3.8, 4) is 0 Å². The molecule has 0 unspecified atom stereocenters. The SMILES string of the molecule is NCC1(NC(=O)c2cc(Cl)c(Cl)[nH]2)CCCC1. The molecular weight excluding hydrogens is 261 g/mol. The second-order valence-electron chi connectivity index (χ2n) is 4.49. The lowest BCUT2D eigenvalue weighted by molar-refractivity contribution is 0.0898. The van der Waals surface area contributed by atoms with E-state index in [1.807, 2.05) is 0 Å². The highest BCUT2D eigenvalue weighted by atomic mass is 35.5. The molecule has 94 valence electrons. The summed E-state index contributed by atoms with van der Waals surface area (Å²) in [7, 11) is 0. The van der Waals surface area contributed by atoms with Crippen LogP contribution in [0.1, 0.15) is 36.2 Å². The second kappa shape index (κ2) is 4.88. The standard InChI is InChI=1S/C11H15Cl2N3O/c12-7-5-8(15-9(7)13)10(17)16-11(6-14)3-1-2-4-11/h5,15H,1-4,6,14H2,(H,16,17). The molecule has 1 saturated carbocycles. The van der Waals surface area contributed by atoms with Gasteiger partial charge in [-0.3, -0.25) is 4.79 Å². The van der Waals surface area contributed by atoms with Crippen molar-refractivity contribution in [3.05, 3.63) is 21.9 Å². The Morgan fingerprint density at radius 1 is 1.47 bits per heavy atom. The molecule has 1 amide bonds. The minimum absolute atomic E-state index is 0.203. The number of aromatic amines is 1. The average molecular weight is 276 g/mol. The largest absolute Gasteiger partial charge is 0.344 e. The first-order chi connectivity index (χ1) is 8.06. The number of amides is 1. The van der Waals surface area contributed by atoms with Crippen LogP contribution < -0.4 is 11.1 Å². The number of aromatic nitrogens is 1. The number of hydrogen-bond acceptors (Lipinski definition) is 2. The van der Waals surface area contributed by atoms with E-state index in [0.717, 1.165) is 25.7 Å². The molecule has 1 fully saturated rings. The smallest absolute Gasteiger partial charge is 0.268 e. The summed E-state index contributed by atoms with van der Waals surface area (Å²) in [6.45, 7) is 0.459. The molecule has 2 rings (SSSR count). The molecule has 1 aromatic rings.